The lowest BCUT2D eigenvalue weighted by molar-refractivity contribution is -0.136. The third kappa shape index (κ3) is 8.69. The van der Waals surface area contributed by atoms with Crippen molar-refractivity contribution >= 4 is 50.9 Å². The van der Waals surface area contributed by atoms with Crippen LogP contribution in [-0.2, 0) is 22.6 Å². The number of phenolic OH excluding ortho intramolecular Hbond substituents is 1. The normalized spacial score (nSPS) is 25.1. The topological polar surface area (TPSA) is 160 Å². The van der Waals surface area contributed by atoms with Gasteiger partial charge in [0.05, 0.1) is 12.0 Å². The number of ether oxygens (including phenoxy) is 1. The van der Waals surface area contributed by atoms with Gasteiger partial charge in [0.2, 0.25) is 11.8 Å². The molecule has 74 heavy (non-hydrogen) atoms. The number of fused-ring (bicyclic) bond motifs is 5. The van der Waals surface area contributed by atoms with Crippen molar-refractivity contribution in [1.82, 2.24) is 40.3 Å². The summed E-state index contributed by atoms with van der Waals surface area (Å²) < 4.78 is 39.0. The van der Waals surface area contributed by atoms with Gasteiger partial charge in [-0.05, 0) is 154 Å². The number of rotatable bonds is 11. The number of benzene rings is 3. The molecule has 3 amide bonds. The third-order valence-corrected chi connectivity index (χ3v) is 18.6. The molecule has 0 radical (unpaired) electrons. The van der Waals surface area contributed by atoms with E-state index in [9.17, 15) is 19.5 Å². The molecule has 2 unspecified atom stereocenters. The van der Waals surface area contributed by atoms with E-state index in [1.165, 1.54) is 50.7 Å². The molecule has 3 aromatic carbocycles. The number of piperidine rings is 2. The van der Waals surface area contributed by atoms with Crippen molar-refractivity contribution in [3.05, 3.63) is 77.0 Å². The molecule has 15 nitrogen and oxygen atoms in total. The van der Waals surface area contributed by atoms with Gasteiger partial charge in [-0.15, -0.1) is 0 Å². The van der Waals surface area contributed by atoms with Crippen LogP contribution >= 0.6 is 0 Å². The molecule has 2 bridgehead atoms. The largest absolute Gasteiger partial charge is 0.508 e. The van der Waals surface area contributed by atoms with Crippen LogP contribution in [0.2, 0.25) is 0 Å². The highest BCUT2D eigenvalue weighted by molar-refractivity contribution is 6.06. The van der Waals surface area contributed by atoms with Gasteiger partial charge in [0, 0.05) is 105 Å². The van der Waals surface area contributed by atoms with E-state index in [1.807, 2.05) is 19.1 Å². The maximum absolute atomic E-state index is 17.2. The molecule has 5 aromatic rings. The summed E-state index contributed by atoms with van der Waals surface area (Å²) in [6, 6.07) is 12.9. The summed E-state index contributed by atoms with van der Waals surface area (Å²) in [6.07, 6.45) is 14.3. The Bertz CT molecular complexity index is 3060. The molecule has 2 saturated carbocycles. The predicted molar refractivity (Wildman–Crippen MR) is 277 cm³/mol. The number of hydrogen-bond donors (Lipinski definition) is 3. The van der Waals surface area contributed by atoms with Crippen molar-refractivity contribution in [2.45, 2.75) is 121 Å². The van der Waals surface area contributed by atoms with Gasteiger partial charge in [-0.2, -0.15) is 9.97 Å². The second-order valence-corrected chi connectivity index (χ2v) is 23.1. The van der Waals surface area contributed by atoms with E-state index in [0.29, 0.717) is 88.2 Å². The fourth-order valence-corrected chi connectivity index (χ4v) is 14.1. The number of piperazine rings is 2. The molecule has 8 heterocycles. The number of anilines is 2. The van der Waals surface area contributed by atoms with Crippen molar-refractivity contribution in [3.63, 3.8) is 0 Å². The Balaban J connectivity index is 0.635. The van der Waals surface area contributed by atoms with E-state index in [2.05, 4.69) is 41.3 Å². The fourth-order valence-electron chi connectivity index (χ4n) is 14.1. The Morgan fingerprint density at radius 1 is 0.824 bits per heavy atom. The number of carbonyl (C=O) groups is 3. The predicted octanol–water partition coefficient (Wildman–Crippen LogP) is 7.10. The molecule has 3 N–H and O–H groups in total. The summed E-state index contributed by atoms with van der Waals surface area (Å²) in [5, 5.41) is 18.5. The zero-order valence-electron chi connectivity index (χ0n) is 42.3. The number of likely N-dealkylation sites (tertiary alicyclic amines) is 1. The van der Waals surface area contributed by atoms with Gasteiger partial charge in [-0.3, -0.25) is 29.6 Å². The van der Waals surface area contributed by atoms with Gasteiger partial charge >= 0.3 is 6.01 Å². The first-order chi connectivity index (χ1) is 35.9. The summed E-state index contributed by atoms with van der Waals surface area (Å²) in [4.78, 5) is 63.6. The van der Waals surface area contributed by atoms with Crippen molar-refractivity contribution in [3.8, 4) is 23.0 Å². The molecule has 5 saturated heterocycles. The number of imide groups is 1. The Labute approximate surface area is 430 Å². The van der Waals surface area contributed by atoms with Gasteiger partial charge in [0.25, 0.3) is 5.91 Å². The minimum Gasteiger partial charge on any atom is -0.508 e. The van der Waals surface area contributed by atoms with E-state index >= 15 is 8.78 Å². The van der Waals surface area contributed by atoms with E-state index < -0.39 is 11.9 Å². The molecule has 1 spiro atoms. The summed E-state index contributed by atoms with van der Waals surface area (Å²) in [5.74, 6) is -1.27. The monoisotopic (exact) mass is 1010 g/mol. The molecular weight excluding hydrogens is 943 g/mol. The number of aromatic nitrogens is 3. The van der Waals surface area contributed by atoms with Crippen LogP contribution < -0.4 is 25.2 Å². The van der Waals surface area contributed by atoms with Crippen molar-refractivity contribution in [2.75, 3.05) is 75.3 Å². The number of nitrogens with one attached hydrogen (secondary N) is 2. The summed E-state index contributed by atoms with van der Waals surface area (Å²) in [7, 11) is 0. The van der Waals surface area contributed by atoms with Gasteiger partial charge < -0.3 is 34.8 Å². The highest BCUT2D eigenvalue weighted by Crippen LogP contribution is 2.50. The summed E-state index contributed by atoms with van der Waals surface area (Å²) in [5.41, 5.74) is 3.98. The zero-order valence-corrected chi connectivity index (χ0v) is 42.3. The molecule has 8 aliphatic rings. The SMILES string of the molecule is CCc1c(F)ccc2cc(O)cc(-c3ncc4c(N5CC6CCC(C5)N6)nc(OCC5(CN6CCC7(CCC(N8CCN(c9ccc%10c(c9)CN([C@H]9CCC(=O)NC9=O)C%10=O)CC8)CC7)CC6)CC5)nc4c3F)c12. The third-order valence-electron chi connectivity index (χ3n) is 18.6. The van der Waals surface area contributed by atoms with E-state index in [0.717, 1.165) is 95.8 Å². The molecule has 2 aromatic heterocycles. The van der Waals surface area contributed by atoms with E-state index in [4.69, 9.17) is 14.7 Å². The summed E-state index contributed by atoms with van der Waals surface area (Å²) in [6.45, 7) is 11.2. The Morgan fingerprint density at radius 2 is 1.59 bits per heavy atom. The fraction of sp³-hybridized carbons (Fsp3) is 0.544. The molecule has 3 atom stereocenters. The lowest BCUT2D eigenvalue weighted by Crippen LogP contribution is -2.52. The molecule has 388 valence electrons. The van der Waals surface area contributed by atoms with Gasteiger partial charge in [0.1, 0.15) is 34.6 Å². The first-order valence-electron chi connectivity index (χ1n) is 27.3. The Hall–Kier alpha value is -6.04. The lowest BCUT2D eigenvalue weighted by Gasteiger charge is -2.49. The number of phenols is 1. The van der Waals surface area contributed by atoms with Gasteiger partial charge in [-0.1, -0.05) is 13.0 Å². The van der Waals surface area contributed by atoms with Crippen LogP contribution in [0.4, 0.5) is 20.3 Å². The first kappa shape index (κ1) is 47.7. The van der Waals surface area contributed by atoms with Crippen LogP contribution in [-0.4, -0.2) is 142 Å². The Kier molecular flexibility index (Phi) is 12.0. The summed E-state index contributed by atoms with van der Waals surface area (Å²) >= 11 is 0. The van der Waals surface area contributed by atoms with Crippen LogP contribution in [0.3, 0.4) is 0 Å². The van der Waals surface area contributed by atoms with Crippen LogP contribution in [0.25, 0.3) is 32.9 Å². The maximum atomic E-state index is 17.2. The second kappa shape index (κ2) is 18.7. The van der Waals surface area contributed by atoms with Gasteiger partial charge in [0.15, 0.2) is 5.82 Å². The molecule has 13 rings (SSSR count). The number of nitrogens with zero attached hydrogens (tertiary/aromatic N) is 8. The van der Waals surface area contributed by atoms with Crippen molar-refractivity contribution in [2.24, 2.45) is 10.8 Å². The zero-order chi connectivity index (χ0) is 50.5. The van der Waals surface area contributed by atoms with Crippen molar-refractivity contribution < 1.29 is 33.0 Å². The molecule has 17 heteroatoms. The number of aryl methyl sites for hydroxylation is 1. The average Bonchev–Trinajstić information content (AvgIpc) is 3.99. The smallest absolute Gasteiger partial charge is 0.319 e. The standard InChI is InChI=1S/C57H66F2N10O5/c1-2-41-45(58)8-3-34-26-40(70)27-43(48(34)41)50-49(59)51-44(28-60-50)52(68-30-36-4-5-37(31-68)61-36)64-55(63-51)74-33-57(15-16-57)32-65-19-17-56(18-20-65)13-11-38(12-14-56)66-21-23-67(24-22-66)39-6-7-42-35(25-39)29-69(54(42)73)46-9-10-47(71)62-53(46)72/h3,6-8,25-28,36-38,46,61,70H,2,4-5,9-24,29-33H2,1H3,(H,62,71,72)/t36?,37?,46-/m0/s1. The number of aromatic hydroxyl groups is 1. The average molecular weight is 1010 g/mol. The van der Waals surface area contributed by atoms with Gasteiger partial charge in [-0.25, -0.2) is 8.78 Å². The highest BCUT2D eigenvalue weighted by atomic mass is 19.1. The minimum atomic E-state index is -0.651. The highest BCUT2D eigenvalue weighted by Gasteiger charge is 2.48. The molecule has 2 aliphatic carbocycles. The Morgan fingerprint density at radius 3 is 2.32 bits per heavy atom. The second-order valence-electron chi connectivity index (χ2n) is 23.1. The van der Waals surface area contributed by atoms with Crippen LogP contribution in [0.5, 0.6) is 11.8 Å². The number of halogens is 2. The number of amides is 3. The van der Waals surface area contributed by atoms with Crippen molar-refractivity contribution in [1.29, 1.82) is 0 Å². The van der Waals surface area contributed by atoms with E-state index in [-0.39, 0.29) is 58.3 Å². The first-order valence-corrected chi connectivity index (χ1v) is 27.3. The quantitative estimate of drug-likeness (QED) is 0.115. The van der Waals surface area contributed by atoms with Crippen LogP contribution in [0.1, 0.15) is 105 Å². The molecule has 7 fully saturated rings. The maximum Gasteiger partial charge on any atom is 0.319 e. The number of carbonyl (C=O) groups excluding carboxylic acids is 3. The van der Waals surface area contributed by atoms with E-state index in [1.54, 1.807) is 23.2 Å². The number of pyridine rings is 1. The molecular formula is C57H66F2N10O5. The molecule has 6 aliphatic heterocycles. The minimum absolute atomic E-state index is 0.00000652. The van der Waals surface area contributed by atoms with Crippen LogP contribution in [0.15, 0.2) is 48.7 Å². The lowest BCUT2D eigenvalue weighted by atomic mass is 9.66. The van der Waals surface area contributed by atoms with Crippen LogP contribution in [0, 0.1) is 22.5 Å². The number of hydrogen-bond acceptors (Lipinski definition) is 13.